The summed E-state index contributed by atoms with van der Waals surface area (Å²) in [5.41, 5.74) is 0. The normalized spacial score (nSPS) is 22.7. The first-order chi connectivity index (χ1) is 13.0. The smallest absolute Gasteiger partial charge is 0.243 e. The maximum atomic E-state index is 13.0. The van der Waals surface area contributed by atoms with E-state index in [0.717, 1.165) is 51.7 Å². The Labute approximate surface area is 163 Å². The molecule has 0 saturated carbocycles. The third-order valence-corrected chi connectivity index (χ3v) is 7.72. The summed E-state index contributed by atoms with van der Waals surface area (Å²) in [4.78, 5) is 15.2. The predicted octanol–water partition coefficient (Wildman–Crippen LogP) is 1.94. The van der Waals surface area contributed by atoms with Crippen molar-refractivity contribution >= 4 is 15.9 Å². The third-order valence-electron chi connectivity index (χ3n) is 5.84. The van der Waals surface area contributed by atoms with E-state index in [1.54, 1.807) is 24.3 Å². The number of piperidine rings is 2. The minimum absolute atomic E-state index is 0.134. The lowest BCUT2D eigenvalue weighted by atomic mass is 9.91. The standard InChI is InChI=1S/C20H31N3O3S/c1-21-12-9-17-10-14-22(15-11-17)20(24)18-6-5-13-23(16-18)27(25,26)19-7-3-2-4-8-19/h2-4,7-8,17-18,21H,5-6,9-16H2,1H3. The van der Waals surface area contributed by atoms with E-state index in [9.17, 15) is 13.2 Å². The van der Waals surface area contributed by atoms with Crippen molar-refractivity contribution in [1.29, 1.82) is 0 Å². The van der Waals surface area contributed by atoms with E-state index in [4.69, 9.17) is 0 Å². The van der Waals surface area contributed by atoms with Crippen molar-refractivity contribution in [1.82, 2.24) is 14.5 Å². The highest BCUT2D eigenvalue weighted by molar-refractivity contribution is 7.89. The second-order valence-corrected chi connectivity index (χ2v) is 9.61. The Morgan fingerprint density at radius 1 is 1.11 bits per heavy atom. The zero-order chi connectivity index (χ0) is 19.3. The minimum Gasteiger partial charge on any atom is -0.342 e. The van der Waals surface area contributed by atoms with Crippen molar-refractivity contribution in [2.45, 2.75) is 37.0 Å². The Morgan fingerprint density at radius 3 is 2.48 bits per heavy atom. The average molecular weight is 394 g/mol. The van der Waals surface area contributed by atoms with Crippen molar-refractivity contribution in [2.24, 2.45) is 11.8 Å². The van der Waals surface area contributed by atoms with Gasteiger partial charge in [0, 0.05) is 26.2 Å². The van der Waals surface area contributed by atoms with Crippen molar-refractivity contribution in [3.63, 3.8) is 0 Å². The van der Waals surface area contributed by atoms with E-state index in [2.05, 4.69) is 5.32 Å². The number of amides is 1. The molecule has 7 heteroatoms. The summed E-state index contributed by atoms with van der Waals surface area (Å²) in [6.07, 6.45) is 4.77. The number of carbonyl (C=O) groups excluding carboxylic acids is 1. The van der Waals surface area contributed by atoms with Gasteiger partial charge in [-0.2, -0.15) is 4.31 Å². The van der Waals surface area contributed by atoms with Crippen molar-refractivity contribution in [2.75, 3.05) is 39.8 Å². The molecule has 2 aliphatic heterocycles. The first kappa shape index (κ1) is 20.3. The molecule has 1 aromatic rings. The number of hydrogen-bond acceptors (Lipinski definition) is 4. The SMILES string of the molecule is CNCCC1CCN(C(=O)C2CCCN(S(=O)(=O)c3ccccc3)C2)CC1. The van der Waals surface area contributed by atoms with Crippen LogP contribution in [-0.2, 0) is 14.8 Å². The highest BCUT2D eigenvalue weighted by atomic mass is 32.2. The molecule has 3 rings (SSSR count). The molecule has 2 aliphatic rings. The zero-order valence-electron chi connectivity index (χ0n) is 16.1. The lowest BCUT2D eigenvalue weighted by molar-refractivity contribution is -0.138. The van der Waals surface area contributed by atoms with E-state index >= 15 is 0 Å². The number of nitrogens with one attached hydrogen (secondary N) is 1. The van der Waals surface area contributed by atoms with Crippen LogP contribution in [0.5, 0.6) is 0 Å². The Morgan fingerprint density at radius 2 is 1.81 bits per heavy atom. The molecule has 0 aliphatic carbocycles. The van der Waals surface area contributed by atoms with Gasteiger partial charge in [-0.1, -0.05) is 18.2 Å². The molecule has 0 aromatic heterocycles. The van der Waals surface area contributed by atoms with Crippen molar-refractivity contribution in [3.05, 3.63) is 30.3 Å². The number of benzene rings is 1. The number of likely N-dealkylation sites (tertiary alicyclic amines) is 1. The monoisotopic (exact) mass is 393 g/mol. The summed E-state index contributed by atoms with van der Waals surface area (Å²) >= 11 is 0. The molecule has 0 radical (unpaired) electrons. The molecule has 1 atom stereocenters. The fourth-order valence-electron chi connectivity index (χ4n) is 4.15. The van der Waals surface area contributed by atoms with Gasteiger partial charge in [0.05, 0.1) is 10.8 Å². The topological polar surface area (TPSA) is 69.7 Å². The van der Waals surface area contributed by atoms with Crippen LogP contribution in [0.4, 0.5) is 0 Å². The maximum Gasteiger partial charge on any atom is 0.243 e. The Balaban J connectivity index is 1.59. The number of rotatable bonds is 6. The highest BCUT2D eigenvalue weighted by Crippen LogP contribution is 2.27. The van der Waals surface area contributed by atoms with Crippen LogP contribution in [0.25, 0.3) is 0 Å². The van der Waals surface area contributed by atoms with Crippen molar-refractivity contribution in [3.8, 4) is 0 Å². The second-order valence-electron chi connectivity index (χ2n) is 7.68. The van der Waals surface area contributed by atoms with Crippen LogP contribution in [-0.4, -0.2) is 63.3 Å². The maximum absolute atomic E-state index is 13.0. The van der Waals surface area contributed by atoms with Gasteiger partial charge >= 0.3 is 0 Å². The molecule has 0 spiro atoms. The Kier molecular flexibility index (Phi) is 6.89. The Hall–Kier alpha value is -1.44. The van der Waals surface area contributed by atoms with Gasteiger partial charge in [0.25, 0.3) is 0 Å². The molecule has 2 fully saturated rings. The van der Waals surface area contributed by atoms with E-state index in [-0.39, 0.29) is 11.8 Å². The van der Waals surface area contributed by atoms with Gasteiger partial charge in [0.15, 0.2) is 0 Å². The van der Waals surface area contributed by atoms with Crippen LogP contribution in [0.2, 0.25) is 0 Å². The van der Waals surface area contributed by atoms with Gasteiger partial charge < -0.3 is 10.2 Å². The highest BCUT2D eigenvalue weighted by Gasteiger charge is 2.35. The first-order valence-electron chi connectivity index (χ1n) is 10.0. The van der Waals surface area contributed by atoms with E-state index in [1.807, 2.05) is 18.0 Å². The summed E-state index contributed by atoms with van der Waals surface area (Å²) < 4.78 is 27.2. The van der Waals surface area contributed by atoms with Gasteiger partial charge in [0.1, 0.15) is 0 Å². The minimum atomic E-state index is -3.52. The number of nitrogens with zero attached hydrogens (tertiary/aromatic N) is 2. The second kappa shape index (κ2) is 9.17. The molecule has 2 saturated heterocycles. The van der Waals surface area contributed by atoms with Crippen LogP contribution < -0.4 is 5.32 Å². The molecule has 0 bridgehead atoms. The average Bonchev–Trinajstić information content (AvgIpc) is 2.73. The molecule has 150 valence electrons. The van der Waals surface area contributed by atoms with Gasteiger partial charge in [-0.15, -0.1) is 0 Å². The summed E-state index contributed by atoms with van der Waals surface area (Å²) in [5, 5.41) is 3.19. The van der Waals surface area contributed by atoms with Crippen LogP contribution >= 0.6 is 0 Å². The number of sulfonamides is 1. The largest absolute Gasteiger partial charge is 0.342 e. The molecule has 27 heavy (non-hydrogen) atoms. The zero-order valence-corrected chi connectivity index (χ0v) is 17.0. The predicted molar refractivity (Wildman–Crippen MR) is 106 cm³/mol. The third kappa shape index (κ3) is 4.89. The fourth-order valence-corrected chi connectivity index (χ4v) is 5.70. The van der Waals surface area contributed by atoms with Crippen LogP contribution in [0.15, 0.2) is 35.2 Å². The van der Waals surface area contributed by atoms with Crippen molar-refractivity contribution < 1.29 is 13.2 Å². The molecular formula is C20H31N3O3S. The summed E-state index contributed by atoms with van der Waals surface area (Å²) in [6, 6.07) is 8.52. The fraction of sp³-hybridized carbons (Fsp3) is 0.650. The number of carbonyl (C=O) groups is 1. The molecular weight excluding hydrogens is 362 g/mol. The van der Waals surface area contributed by atoms with Gasteiger partial charge in [-0.25, -0.2) is 8.42 Å². The first-order valence-corrected chi connectivity index (χ1v) is 11.4. The van der Waals surface area contributed by atoms with Crippen LogP contribution in [0.3, 0.4) is 0 Å². The molecule has 2 heterocycles. The van der Waals surface area contributed by atoms with Crippen LogP contribution in [0.1, 0.15) is 32.1 Å². The Bertz CT molecular complexity index is 715. The van der Waals surface area contributed by atoms with E-state index in [0.29, 0.717) is 23.9 Å². The summed E-state index contributed by atoms with van der Waals surface area (Å²) in [7, 11) is -1.55. The summed E-state index contributed by atoms with van der Waals surface area (Å²) in [5.74, 6) is 0.601. The molecule has 1 N–H and O–H groups in total. The molecule has 1 unspecified atom stereocenters. The number of hydrogen-bond donors (Lipinski definition) is 1. The van der Waals surface area contributed by atoms with E-state index < -0.39 is 10.0 Å². The van der Waals surface area contributed by atoms with Gasteiger partial charge in [-0.3, -0.25) is 4.79 Å². The van der Waals surface area contributed by atoms with Gasteiger partial charge in [0.2, 0.25) is 15.9 Å². The van der Waals surface area contributed by atoms with Crippen LogP contribution in [0, 0.1) is 11.8 Å². The molecule has 1 aromatic carbocycles. The quantitative estimate of drug-likeness (QED) is 0.802. The van der Waals surface area contributed by atoms with Gasteiger partial charge in [-0.05, 0) is 63.7 Å². The van der Waals surface area contributed by atoms with E-state index in [1.165, 1.54) is 4.31 Å². The lowest BCUT2D eigenvalue weighted by Gasteiger charge is -2.37. The lowest BCUT2D eigenvalue weighted by Crippen LogP contribution is -2.48. The summed E-state index contributed by atoms with van der Waals surface area (Å²) in [6.45, 7) is 3.42. The molecule has 6 nitrogen and oxygen atoms in total. The molecule has 1 amide bonds.